The fourth-order valence-corrected chi connectivity index (χ4v) is 2.42. The fraction of sp³-hybridized carbons (Fsp3) is 0.167. The van der Waals surface area contributed by atoms with E-state index in [1.54, 1.807) is 18.3 Å². The number of hydrogen-bond acceptors (Lipinski definition) is 5. The number of ether oxygens (including phenoxy) is 1. The number of nitrogens with one attached hydrogen (secondary N) is 3. The second-order valence-corrected chi connectivity index (χ2v) is 5.51. The number of urea groups is 1. The lowest BCUT2D eigenvalue weighted by molar-refractivity contribution is -0.147. The number of para-hydroxylation sites is 1. The van der Waals surface area contributed by atoms with Crippen LogP contribution in [0.5, 0.6) is 0 Å². The number of benzene rings is 1. The van der Waals surface area contributed by atoms with Crippen LogP contribution in [0.4, 0.5) is 4.79 Å². The Morgan fingerprint density at radius 1 is 1.12 bits per heavy atom. The maximum absolute atomic E-state index is 11.9. The highest BCUT2D eigenvalue weighted by Gasteiger charge is 2.13. The smallest absolute Gasteiger partial charge is 0.321 e. The molecule has 0 aliphatic heterocycles. The molecular weight excluding hydrogens is 338 g/mol. The molecule has 0 bridgehead atoms. The molecule has 0 atom stereocenters. The summed E-state index contributed by atoms with van der Waals surface area (Å²) in [5.74, 6) is -0.715. The van der Waals surface area contributed by atoms with Crippen LogP contribution in [0.3, 0.4) is 0 Å². The summed E-state index contributed by atoms with van der Waals surface area (Å²) in [5.41, 5.74) is 1.70. The predicted octanol–water partition coefficient (Wildman–Crippen LogP) is 1.87. The fourth-order valence-electron chi connectivity index (χ4n) is 2.42. The van der Waals surface area contributed by atoms with Gasteiger partial charge in [0.05, 0.1) is 19.2 Å². The topological polar surface area (TPSA) is 113 Å². The molecule has 0 saturated carbocycles. The zero-order chi connectivity index (χ0) is 18.4. The molecule has 3 N–H and O–H groups in total. The normalized spacial score (nSPS) is 10.5. The van der Waals surface area contributed by atoms with Crippen molar-refractivity contribution in [2.24, 2.45) is 0 Å². The zero-order valence-electron chi connectivity index (χ0n) is 13.8. The number of imide groups is 1. The summed E-state index contributed by atoms with van der Waals surface area (Å²) in [6, 6.07) is 10.2. The van der Waals surface area contributed by atoms with Crippen LogP contribution in [0.15, 0.2) is 53.3 Å². The molecular formula is C18H17N3O5. The second kappa shape index (κ2) is 8.02. The van der Waals surface area contributed by atoms with Gasteiger partial charge in [-0.1, -0.05) is 18.2 Å². The third-order valence-corrected chi connectivity index (χ3v) is 3.63. The van der Waals surface area contributed by atoms with Gasteiger partial charge in [-0.25, -0.2) is 4.79 Å². The number of esters is 1. The first-order valence-electron chi connectivity index (χ1n) is 7.92. The predicted molar refractivity (Wildman–Crippen MR) is 92.0 cm³/mol. The first kappa shape index (κ1) is 17.3. The molecule has 134 valence electrons. The van der Waals surface area contributed by atoms with Crippen molar-refractivity contribution in [3.63, 3.8) is 0 Å². The molecule has 1 aromatic carbocycles. The molecule has 0 aliphatic rings. The third kappa shape index (κ3) is 4.50. The number of aromatic amines is 1. The van der Waals surface area contributed by atoms with E-state index in [1.165, 1.54) is 6.26 Å². The molecule has 0 unspecified atom stereocenters. The van der Waals surface area contributed by atoms with Crippen LogP contribution in [-0.2, 0) is 27.3 Å². The average molecular weight is 355 g/mol. The molecule has 0 spiro atoms. The number of rotatable bonds is 6. The van der Waals surface area contributed by atoms with Crippen molar-refractivity contribution in [1.29, 1.82) is 0 Å². The summed E-state index contributed by atoms with van der Waals surface area (Å²) in [4.78, 5) is 38.2. The van der Waals surface area contributed by atoms with Gasteiger partial charge in [-0.2, -0.15) is 0 Å². The van der Waals surface area contributed by atoms with Gasteiger partial charge >= 0.3 is 12.0 Å². The van der Waals surface area contributed by atoms with Gasteiger partial charge < -0.3 is 19.5 Å². The van der Waals surface area contributed by atoms with E-state index in [0.717, 1.165) is 16.5 Å². The highest BCUT2D eigenvalue weighted by Crippen LogP contribution is 2.18. The Morgan fingerprint density at radius 3 is 2.77 bits per heavy atom. The Labute approximate surface area is 148 Å². The van der Waals surface area contributed by atoms with E-state index in [9.17, 15) is 14.4 Å². The van der Waals surface area contributed by atoms with Crippen molar-refractivity contribution >= 4 is 28.8 Å². The quantitative estimate of drug-likeness (QED) is 0.584. The van der Waals surface area contributed by atoms with Gasteiger partial charge in [0.15, 0.2) is 6.61 Å². The van der Waals surface area contributed by atoms with Crippen LogP contribution in [0.2, 0.25) is 0 Å². The maximum Gasteiger partial charge on any atom is 0.321 e. The molecule has 0 fully saturated rings. The van der Waals surface area contributed by atoms with Crippen LogP contribution < -0.4 is 10.6 Å². The van der Waals surface area contributed by atoms with Crippen molar-refractivity contribution < 1.29 is 23.5 Å². The summed E-state index contributed by atoms with van der Waals surface area (Å²) < 4.78 is 9.96. The molecule has 2 heterocycles. The number of furan rings is 1. The van der Waals surface area contributed by atoms with Crippen molar-refractivity contribution in [2.75, 3.05) is 6.61 Å². The molecule has 3 amide bonds. The Bertz CT molecular complexity index is 914. The molecule has 3 aromatic rings. The lowest BCUT2D eigenvalue weighted by Gasteiger charge is -2.06. The van der Waals surface area contributed by atoms with Gasteiger partial charge in [-0.3, -0.25) is 14.9 Å². The van der Waals surface area contributed by atoms with Gasteiger partial charge in [0.1, 0.15) is 5.76 Å². The summed E-state index contributed by atoms with van der Waals surface area (Å²) in [5, 5.41) is 5.45. The number of hydrogen-bond donors (Lipinski definition) is 3. The molecule has 0 aliphatic carbocycles. The van der Waals surface area contributed by atoms with Gasteiger partial charge in [0, 0.05) is 17.1 Å². The van der Waals surface area contributed by atoms with Gasteiger partial charge in [-0.05, 0) is 23.8 Å². The SMILES string of the molecule is O=C(COC(=O)Cc1c[nH]c2ccccc12)NC(=O)NCc1ccco1. The number of fused-ring (bicyclic) bond motifs is 1. The van der Waals surface area contributed by atoms with Crippen molar-refractivity contribution in [3.8, 4) is 0 Å². The molecule has 2 aromatic heterocycles. The Kier molecular flexibility index (Phi) is 5.33. The van der Waals surface area contributed by atoms with Crippen LogP contribution in [0.1, 0.15) is 11.3 Å². The number of H-pyrrole nitrogens is 1. The molecule has 26 heavy (non-hydrogen) atoms. The van der Waals surface area contributed by atoms with Crippen molar-refractivity contribution in [1.82, 2.24) is 15.6 Å². The van der Waals surface area contributed by atoms with E-state index in [0.29, 0.717) is 5.76 Å². The highest BCUT2D eigenvalue weighted by atomic mass is 16.5. The number of aromatic nitrogens is 1. The number of carbonyl (C=O) groups excluding carboxylic acids is 3. The van der Waals surface area contributed by atoms with E-state index in [1.807, 2.05) is 24.3 Å². The lowest BCUT2D eigenvalue weighted by atomic mass is 10.1. The zero-order valence-corrected chi connectivity index (χ0v) is 13.8. The summed E-state index contributed by atoms with van der Waals surface area (Å²) in [7, 11) is 0. The standard InChI is InChI=1S/C18H17N3O5/c22-16(21-18(24)20-10-13-4-3-7-25-13)11-26-17(23)8-12-9-19-15-6-2-1-5-14(12)15/h1-7,9,19H,8,10-11H2,(H2,20,21,22,24). The summed E-state index contributed by atoms with van der Waals surface area (Å²) >= 11 is 0. The maximum atomic E-state index is 11.9. The minimum Gasteiger partial charge on any atom is -0.467 e. The number of carbonyl (C=O) groups is 3. The van der Waals surface area contributed by atoms with Crippen LogP contribution >= 0.6 is 0 Å². The molecule has 8 heteroatoms. The molecule has 0 radical (unpaired) electrons. The second-order valence-electron chi connectivity index (χ2n) is 5.51. The molecule has 8 nitrogen and oxygen atoms in total. The van der Waals surface area contributed by atoms with E-state index in [-0.39, 0.29) is 13.0 Å². The van der Waals surface area contributed by atoms with E-state index >= 15 is 0 Å². The lowest BCUT2D eigenvalue weighted by Crippen LogP contribution is -2.41. The van der Waals surface area contributed by atoms with Crippen LogP contribution in [-0.4, -0.2) is 29.5 Å². The van der Waals surface area contributed by atoms with Gasteiger partial charge in [0.25, 0.3) is 5.91 Å². The summed E-state index contributed by atoms with van der Waals surface area (Å²) in [6.45, 7) is -0.387. The monoisotopic (exact) mass is 355 g/mol. The Balaban J connectivity index is 1.41. The van der Waals surface area contributed by atoms with Gasteiger partial charge in [0.2, 0.25) is 0 Å². The minimum atomic E-state index is -0.714. The van der Waals surface area contributed by atoms with Crippen molar-refractivity contribution in [3.05, 3.63) is 60.2 Å². The minimum absolute atomic E-state index is 0.0297. The summed E-state index contributed by atoms with van der Waals surface area (Å²) in [6.07, 6.45) is 3.24. The first-order chi connectivity index (χ1) is 12.6. The molecule has 3 rings (SSSR count). The van der Waals surface area contributed by atoms with Crippen LogP contribution in [0.25, 0.3) is 10.9 Å². The van der Waals surface area contributed by atoms with Gasteiger partial charge in [-0.15, -0.1) is 0 Å². The van der Waals surface area contributed by atoms with E-state index in [2.05, 4.69) is 15.6 Å². The average Bonchev–Trinajstić information content (AvgIpc) is 3.29. The van der Waals surface area contributed by atoms with E-state index < -0.39 is 24.5 Å². The Morgan fingerprint density at radius 2 is 1.96 bits per heavy atom. The van der Waals surface area contributed by atoms with Crippen molar-refractivity contribution in [2.45, 2.75) is 13.0 Å². The number of amides is 3. The van der Waals surface area contributed by atoms with Crippen LogP contribution in [0, 0.1) is 0 Å². The Hall–Kier alpha value is -3.55. The third-order valence-electron chi connectivity index (χ3n) is 3.63. The largest absolute Gasteiger partial charge is 0.467 e. The molecule has 0 saturated heterocycles. The highest BCUT2D eigenvalue weighted by molar-refractivity contribution is 5.95. The van der Waals surface area contributed by atoms with E-state index in [4.69, 9.17) is 9.15 Å². The first-order valence-corrected chi connectivity index (χ1v) is 7.92.